The molecule has 6 rings (SSSR count). The van der Waals surface area contributed by atoms with E-state index in [0.717, 1.165) is 77.4 Å². The number of urea groups is 1. The van der Waals surface area contributed by atoms with Gasteiger partial charge >= 0.3 is 12.0 Å². The molecule has 5 nitrogen and oxygen atoms in total. The number of amides is 2. The number of carbonyl (C=O) groups is 2. The van der Waals surface area contributed by atoms with Crippen LogP contribution in [0.1, 0.15) is 102 Å². The van der Waals surface area contributed by atoms with Crippen LogP contribution >= 0.6 is 11.8 Å². The van der Waals surface area contributed by atoms with E-state index in [-0.39, 0.29) is 11.6 Å². The molecule has 0 aromatic heterocycles. The maximum atomic E-state index is 14.0. The highest BCUT2D eigenvalue weighted by molar-refractivity contribution is 7.99. The molecule has 0 spiro atoms. The van der Waals surface area contributed by atoms with Gasteiger partial charge in [-0.15, -0.1) is 0 Å². The van der Waals surface area contributed by atoms with E-state index in [9.17, 15) is 14.7 Å². The van der Waals surface area contributed by atoms with Crippen LogP contribution in [0.15, 0.2) is 58.3 Å². The Balaban J connectivity index is 1.30. The second-order valence-corrected chi connectivity index (χ2v) is 13.8. The molecule has 40 heavy (non-hydrogen) atoms. The fourth-order valence-corrected chi connectivity index (χ4v) is 8.82. The molecule has 1 atom stereocenters. The third-order valence-corrected chi connectivity index (χ3v) is 10.5. The first-order valence-corrected chi connectivity index (χ1v) is 16.4. The van der Waals surface area contributed by atoms with Crippen LogP contribution < -0.4 is 10.2 Å². The number of carboxylic acid groups (broad SMARTS) is 1. The van der Waals surface area contributed by atoms with Crippen LogP contribution in [0.3, 0.4) is 0 Å². The summed E-state index contributed by atoms with van der Waals surface area (Å²) in [5.74, 6) is 1.13. The first-order chi connectivity index (χ1) is 19.4. The Bertz CT molecular complexity index is 1130. The van der Waals surface area contributed by atoms with Crippen LogP contribution in [0.5, 0.6) is 0 Å². The fourth-order valence-electron chi connectivity index (χ4n) is 7.95. The van der Waals surface area contributed by atoms with Gasteiger partial charge in [-0.3, -0.25) is 9.69 Å². The Morgan fingerprint density at radius 3 is 2.17 bits per heavy atom. The molecule has 4 aliphatic carbocycles. The van der Waals surface area contributed by atoms with E-state index in [1.54, 1.807) is 11.8 Å². The van der Waals surface area contributed by atoms with E-state index in [0.29, 0.717) is 6.42 Å². The predicted octanol–water partition coefficient (Wildman–Crippen LogP) is 8.87. The summed E-state index contributed by atoms with van der Waals surface area (Å²) >= 11 is 1.65. The van der Waals surface area contributed by atoms with E-state index >= 15 is 0 Å². The monoisotopic (exact) mass is 562 g/mol. The van der Waals surface area contributed by atoms with Gasteiger partial charge in [0.1, 0.15) is 0 Å². The molecule has 0 aliphatic heterocycles. The molecule has 2 aromatic carbocycles. The molecular formula is C34H46N2O3S. The second kappa shape index (κ2) is 13.0. The standard InChI is InChI=1S/C34H46N2O3S/c1-3-5-6-7-8-16-36(33(39)35-34-21-24-17-25(22-34)19-26(18-24)23-34)28-10-9-11-30(20-28)40-29-14-12-27(13-15-29)31(4-2)32(37)38/h9-15,20,24-26,31H,3-8,16-19,21-23H2,1-2H3,(H,35,39)(H,37,38). The molecule has 4 saturated carbocycles. The zero-order valence-electron chi connectivity index (χ0n) is 24.2. The number of hydrogen-bond donors (Lipinski definition) is 2. The zero-order valence-corrected chi connectivity index (χ0v) is 25.1. The van der Waals surface area contributed by atoms with Crippen LogP contribution in [-0.4, -0.2) is 29.2 Å². The lowest BCUT2D eigenvalue weighted by molar-refractivity contribution is -0.138. The van der Waals surface area contributed by atoms with Crippen LogP contribution in [0.25, 0.3) is 0 Å². The van der Waals surface area contributed by atoms with Crippen LogP contribution in [-0.2, 0) is 4.79 Å². The lowest BCUT2D eigenvalue weighted by Gasteiger charge is -2.57. The molecule has 6 heteroatoms. The smallest absolute Gasteiger partial charge is 0.322 e. The number of carbonyl (C=O) groups excluding carboxylic acids is 1. The van der Waals surface area contributed by atoms with E-state index in [4.69, 9.17) is 0 Å². The summed E-state index contributed by atoms with van der Waals surface area (Å²) in [6.07, 6.45) is 14.0. The summed E-state index contributed by atoms with van der Waals surface area (Å²) in [6.45, 7) is 4.87. The van der Waals surface area contributed by atoms with Crippen LogP contribution in [0.2, 0.25) is 0 Å². The number of benzene rings is 2. The lowest BCUT2D eigenvalue weighted by atomic mass is 9.53. The Morgan fingerprint density at radius 1 is 0.925 bits per heavy atom. The Morgan fingerprint density at radius 2 is 1.57 bits per heavy atom. The van der Waals surface area contributed by atoms with Gasteiger partial charge in [0.25, 0.3) is 0 Å². The maximum Gasteiger partial charge on any atom is 0.322 e. The number of carboxylic acids is 1. The number of unbranched alkanes of at least 4 members (excludes halogenated alkanes) is 4. The SMILES string of the molecule is CCCCCCCN(C(=O)NC12CC3CC(CC(C3)C1)C2)c1cccc(Sc2ccc(C(CC)C(=O)O)cc2)c1. The highest BCUT2D eigenvalue weighted by Crippen LogP contribution is 2.55. The number of nitrogens with zero attached hydrogens (tertiary/aromatic N) is 1. The number of anilines is 1. The van der Waals surface area contributed by atoms with E-state index < -0.39 is 11.9 Å². The summed E-state index contributed by atoms with van der Waals surface area (Å²) in [5, 5.41) is 13.1. The quantitative estimate of drug-likeness (QED) is 0.239. The molecule has 0 heterocycles. The Labute approximate surface area is 244 Å². The van der Waals surface area contributed by atoms with Crippen molar-refractivity contribution in [3.05, 3.63) is 54.1 Å². The summed E-state index contributed by atoms with van der Waals surface area (Å²) in [6, 6.07) is 16.3. The molecule has 2 N–H and O–H groups in total. The van der Waals surface area contributed by atoms with Gasteiger partial charge in [-0.05, 0) is 105 Å². The van der Waals surface area contributed by atoms with Crippen molar-refractivity contribution in [3.63, 3.8) is 0 Å². The van der Waals surface area contributed by atoms with E-state index in [1.165, 1.54) is 38.5 Å². The molecule has 4 bridgehead atoms. The second-order valence-electron chi connectivity index (χ2n) is 12.7. The van der Waals surface area contributed by atoms with Crippen LogP contribution in [0, 0.1) is 17.8 Å². The van der Waals surface area contributed by atoms with Gasteiger partial charge < -0.3 is 10.4 Å². The number of nitrogens with one attached hydrogen (secondary N) is 1. The van der Waals surface area contributed by atoms with Crippen molar-refractivity contribution in [2.45, 2.75) is 112 Å². The van der Waals surface area contributed by atoms with Gasteiger partial charge in [-0.1, -0.05) is 69.5 Å². The van der Waals surface area contributed by atoms with Crippen molar-refractivity contribution in [2.75, 3.05) is 11.4 Å². The molecule has 2 amide bonds. The molecule has 1 unspecified atom stereocenters. The average Bonchev–Trinajstić information content (AvgIpc) is 2.91. The molecule has 0 saturated heterocycles. The van der Waals surface area contributed by atoms with Gasteiger partial charge in [-0.2, -0.15) is 0 Å². The predicted molar refractivity (Wildman–Crippen MR) is 163 cm³/mol. The summed E-state index contributed by atoms with van der Waals surface area (Å²) in [7, 11) is 0. The van der Waals surface area contributed by atoms with Gasteiger partial charge in [0.2, 0.25) is 0 Å². The Hall–Kier alpha value is -2.47. The molecule has 4 fully saturated rings. The average molecular weight is 563 g/mol. The number of aliphatic carboxylic acids is 1. The zero-order chi connectivity index (χ0) is 28.1. The minimum atomic E-state index is -0.780. The lowest BCUT2D eigenvalue weighted by Crippen LogP contribution is -2.62. The minimum Gasteiger partial charge on any atom is -0.481 e. The Kier molecular flexibility index (Phi) is 9.45. The van der Waals surface area contributed by atoms with Crippen molar-refractivity contribution < 1.29 is 14.7 Å². The van der Waals surface area contributed by atoms with Gasteiger partial charge in [0.15, 0.2) is 0 Å². The van der Waals surface area contributed by atoms with E-state index in [1.807, 2.05) is 42.2 Å². The summed E-state index contributed by atoms with van der Waals surface area (Å²) < 4.78 is 0. The highest BCUT2D eigenvalue weighted by Gasteiger charge is 2.51. The minimum absolute atomic E-state index is 0.00724. The van der Waals surface area contributed by atoms with Crippen molar-refractivity contribution in [1.82, 2.24) is 5.32 Å². The molecule has 216 valence electrons. The van der Waals surface area contributed by atoms with Crippen molar-refractivity contribution >= 4 is 29.4 Å². The number of rotatable bonds is 13. The van der Waals surface area contributed by atoms with Gasteiger partial charge in [0, 0.05) is 27.6 Å². The molecule has 2 aromatic rings. The van der Waals surface area contributed by atoms with Gasteiger partial charge in [-0.25, -0.2) is 4.79 Å². The topological polar surface area (TPSA) is 69.6 Å². The first-order valence-electron chi connectivity index (χ1n) is 15.6. The van der Waals surface area contributed by atoms with Gasteiger partial charge in [0.05, 0.1) is 5.92 Å². The third kappa shape index (κ3) is 6.87. The largest absolute Gasteiger partial charge is 0.481 e. The molecular weight excluding hydrogens is 516 g/mol. The molecule has 4 aliphatic rings. The maximum absolute atomic E-state index is 14.0. The van der Waals surface area contributed by atoms with E-state index in [2.05, 4.69) is 30.4 Å². The number of hydrogen-bond acceptors (Lipinski definition) is 3. The fraction of sp³-hybridized carbons (Fsp3) is 0.588. The first kappa shape index (κ1) is 29.0. The summed E-state index contributed by atoms with van der Waals surface area (Å²) in [4.78, 5) is 29.6. The van der Waals surface area contributed by atoms with Crippen molar-refractivity contribution in [3.8, 4) is 0 Å². The highest BCUT2D eigenvalue weighted by atomic mass is 32.2. The normalized spacial score (nSPS) is 25.5. The summed E-state index contributed by atoms with van der Waals surface area (Å²) in [5.41, 5.74) is 1.78. The van der Waals surface area contributed by atoms with Crippen LogP contribution in [0.4, 0.5) is 10.5 Å². The molecule has 0 radical (unpaired) electrons. The van der Waals surface area contributed by atoms with Crippen molar-refractivity contribution in [1.29, 1.82) is 0 Å². The van der Waals surface area contributed by atoms with Crippen molar-refractivity contribution in [2.24, 2.45) is 17.8 Å². The third-order valence-electron chi connectivity index (χ3n) is 9.49.